The molecule has 0 atom stereocenters. The van der Waals surface area contributed by atoms with Crippen molar-refractivity contribution >= 4 is 6.08 Å². The number of hydrogen-bond donors (Lipinski definition) is 0. The van der Waals surface area contributed by atoms with E-state index in [-0.39, 0.29) is 17.7 Å². The van der Waals surface area contributed by atoms with Gasteiger partial charge in [-0.1, -0.05) is 61.9 Å². The predicted octanol–water partition coefficient (Wildman–Crippen LogP) is 10.2. The molecule has 0 bridgehead atoms. The number of allylic oxidation sites excluding steroid dienone is 1. The van der Waals surface area contributed by atoms with Crippen LogP contribution in [0.5, 0.6) is 0 Å². The highest BCUT2D eigenvalue weighted by Gasteiger charge is 2.23. The SMILES string of the molecule is CCCCc1ccc(-c2ccc(-c3cc(F)c(-c4cc(F)c(C=CC(F)(F)F)c(F)c4)c(F)c3)cc2)cc1. The van der Waals surface area contributed by atoms with E-state index in [2.05, 4.69) is 19.1 Å². The minimum absolute atomic E-state index is 0.218. The van der Waals surface area contributed by atoms with Crippen molar-refractivity contribution in [3.8, 4) is 33.4 Å². The Balaban J connectivity index is 1.60. The molecule has 0 spiro atoms. The summed E-state index contributed by atoms with van der Waals surface area (Å²) in [6.45, 7) is 2.14. The van der Waals surface area contributed by atoms with E-state index in [1.54, 1.807) is 12.1 Å². The van der Waals surface area contributed by atoms with Crippen molar-refractivity contribution in [2.45, 2.75) is 32.4 Å². The monoisotopic (exact) mass is 528 g/mol. The van der Waals surface area contributed by atoms with Crippen LogP contribution >= 0.6 is 0 Å². The molecule has 38 heavy (non-hydrogen) atoms. The van der Waals surface area contributed by atoms with Crippen LogP contribution in [-0.2, 0) is 6.42 Å². The molecule has 0 amide bonds. The predicted molar refractivity (Wildman–Crippen MR) is 136 cm³/mol. The molecule has 4 rings (SSSR count). The zero-order chi connectivity index (χ0) is 27.4. The molecule has 0 aliphatic carbocycles. The van der Waals surface area contributed by atoms with E-state index in [0.717, 1.165) is 42.5 Å². The van der Waals surface area contributed by atoms with Crippen LogP contribution in [0.4, 0.5) is 30.7 Å². The highest BCUT2D eigenvalue weighted by Crippen LogP contribution is 2.34. The molecule has 0 N–H and O–H groups in total. The molecule has 0 fully saturated rings. The van der Waals surface area contributed by atoms with E-state index in [1.807, 2.05) is 24.3 Å². The molecule has 0 nitrogen and oxygen atoms in total. The average molecular weight is 529 g/mol. The Morgan fingerprint density at radius 1 is 0.605 bits per heavy atom. The first-order chi connectivity index (χ1) is 18.1. The second kappa shape index (κ2) is 11.3. The van der Waals surface area contributed by atoms with Crippen molar-refractivity contribution < 1.29 is 30.7 Å². The fraction of sp³-hybridized carbons (Fsp3) is 0.161. The summed E-state index contributed by atoms with van der Waals surface area (Å²) in [7, 11) is 0. The second-order valence-electron chi connectivity index (χ2n) is 8.92. The van der Waals surface area contributed by atoms with E-state index in [1.165, 1.54) is 5.56 Å². The van der Waals surface area contributed by atoms with Crippen LogP contribution in [-0.4, -0.2) is 6.18 Å². The average Bonchev–Trinajstić information content (AvgIpc) is 2.86. The minimum atomic E-state index is -4.78. The fourth-order valence-corrected chi connectivity index (χ4v) is 4.18. The van der Waals surface area contributed by atoms with Crippen LogP contribution in [0.25, 0.3) is 39.5 Å². The van der Waals surface area contributed by atoms with Gasteiger partial charge in [0.15, 0.2) is 0 Å². The Bertz CT molecular complexity index is 1400. The zero-order valence-electron chi connectivity index (χ0n) is 20.3. The summed E-state index contributed by atoms with van der Waals surface area (Å²) >= 11 is 0. The lowest BCUT2D eigenvalue weighted by atomic mass is 9.96. The smallest absolute Gasteiger partial charge is 0.206 e. The van der Waals surface area contributed by atoms with Gasteiger partial charge < -0.3 is 0 Å². The summed E-state index contributed by atoms with van der Waals surface area (Å²) in [4.78, 5) is 0. The number of aryl methyl sites for hydroxylation is 1. The molecule has 7 heteroatoms. The first-order valence-electron chi connectivity index (χ1n) is 12.0. The number of unbranched alkanes of at least 4 members (excludes halogenated alkanes) is 1. The van der Waals surface area contributed by atoms with Crippen molar-refractivity contribution in [1.82, 2.24) is 0 Å². The van der Waals surface area contributed by atoms with Crippen LogP contribution < -0.4 is 0 Å². The van der Waals surface area contributed by atoms with Gasteiger partial charge in [-0.25, -0.2) is 17.6 Å². The minimum Gasteiger partial charge on any atom is -0.206 e. The first-order valence-corrected chi connectivity index (χ1v) is 12.0. The van der Waals surface area contributed by atoms with Gasteiger partial charge in [0.1, 0.15) is 23.3 Å². The van der Waals surface area contributed by atoms with Gasteiger partial charge in [0.2, 0.25) is 0 Å². The lowest BCUT2D eigenvalue weighted by Gasteiger charge is -2.11. The summed E-state index contributed by atoms with van der Waals surface area (Å²) in [5, 5.41) is 0. The molecule has 0 saturated heterocycles. The Hall–Kier alpha value is -3.87. The first kappa shape index (κ1) is 27.2. The topological polar surface area (TPSA) is 0 Å². The van der Waals surface area contributed by atoms with E-state index < -0.39 is 46.1 Å². The summed E-state index contributed by atoms with van der Waals surface area (Å²) in [5.41, 5.74) is 1.82. The Kier molecular flexibility index (Phi) is 8.05. The molecule has 4 aromatic carbocycles. The third-order valence-corrected chi connectivity index (χ3v) is 6.17. The number of alkyl halides is 3. The molecule has 0 aromatic heterocycles. The molecular formula is C31H23F7. The summed E-state index contributed by atoms with van der Waals surface area (Å²) in [5.74, 6) is -4.89. The molecule has 4 aromatic rings. The van der Waals surface area contributed by atoms with E-state index in [4.69, 9.17) is 0 Å². The lowest BCUT2D eigenvalue weighted by molar-refractivity contribution is -0.0790. The Labute approximate surface area is 216 Å². The molecule has 0 saturated carbocycles. The van der Waals surface area contributed by atoms with Crippen LogP contribution in [0, 0.1) is 23.3 Å². The van der Waals surface area contributed by atoms with Crippen LogP contribution in [0.15, 0.2) is 78.9 Å². The molecule has 196 valence electrons. The molecule has 0 aliphatic heterocycles. The third-order valence-electron chi connectivity index (χ3n) is 6.17. The molecular weight excluding hydrogens is 505 g/mol. The third kappa shape index (κ3) is 6.33. The lowest BCUT2D eigenvalue weighted by Crippen LogP contribution is -2.01. The largest absolute Gasteiger partial charge is 0.409 e. The molecule has 0 unspecified atom stereocenters. The highest BCUT2D eigenvalue weighted by atomic mass is 19.4. The van der Waals surface area contributed by atoms with Gasteiger partial charge >= 0.3 is 6.18 Å². The van der Waals surface area contributed by atoms with Gasteiger partial charge in [-0.3, -0.25) is 0 Å². The van der Waals surface area contributed by atoms with Gasteiger partial charge in [0, 0.05) is 11.6 Å². The van der Waals surface area contributed by atoms with Crippen LogP contribution in [0.2, 0.25) is 0 Å². The quantitative estimate of drug-likeness (QED) is 0.209. The number of benzene rings is 4. The van der Waals surface area contributed by atoms with Crippen molar-refractivity contribution in [1.29, 1.82) is 0 Å². The van der Waals surface area contributed by atoms with Gasteiger partial charge in [-0.15, -0.1) is 0 Å². The standard InChI is InChI=1S/C31H23F7/c1-2-3-4-19-5-7-20(8-6-19)21-9-11-22(12-10-21)23-15-28(34)30(29(35)16-23)24-17-26(32)25(27(33)18-24)13-14-31(36,37)38/h5-18H,2-4H2,1H3. The second-order valence-corrected chi connectivity index (χ2v) is 8.92. The van der Waals surface area contributed by atoms with Crippen molar-refractivity contribution in [2.24, 2.45) is 0 Å². The van der Waals surface area contributed by atoms with Gasteiger partial charge in [-0.2, -0.15) is 13.2 Å². The van der Waals surface area contributed by atoms with E-state index in [0.29, 0.717) is 17.7 Å². The van der Waals surface area contributed by atoms with Crippen molar-refractivity contribution in [2.75, 3.05) is 0 Å². The van der Waals surface area contributed by atoms with Gasteiger partial charge in [0.25, 0.3) is 0 Å². The summed E-state index contributed by atoms with van der Waals surface area (Å²) in [6.07, 6.45) is -1.61. The van der Waals surface area contributed by atoms with E-state index in [9.17, 15) is 30.7 Å². The highest BCUT2D eigenvalue weighted by molar-refractivity contribution is 5.75. The zero-order valence-corrected chi connectivity index (χ0v) is 20.3. The number of halogens is 7. The summed E-state index contributed by atoms with van der Waals surface area (Å²) in [6, 6.07) is 18.6. The van der Waals surface area contributed by atoms with Crippen molar-refractivity contribution in [3.63, 3.8) is 0 Å². The Morgan fingerprint density at radius 3 is 1.53 bits per heavy atom. The maximum absolute atomic E-state index is 15.0. The Morgan fingerprint density at radius 2 is 1.05 bits per heavy atom. The molecule has 0 heterocycles. The number of rotatable bonds is 7. The molecule has 0 aliphatic rings. The van der Waals surface area contributed by atoms with Crippen LogP contribution in [0.1, 0.15) is 30.9 Å². The van der Waals surface area contributed by atoms with E-state index >= 15 is 0 Å². The normalized spacial score (nSPS) is 11.9. The van der Waals surface area contributed by atoms with Crippen molar-refractivity contribution in [3.05, 3.63) is 113 Å². The maximum Gasteiger partial charge on any atom is 0.409 e. The van der Waals surface area contributed by atoms with Crippen LogP contribution in [0.3, 0.4) is 0 Å². The van der Waals surface area contributed by atoms with Gasteiger partial charge in [-0.05, 0) is 76.6 Å². The maximum atomic E-state index is 15.0. The summed E-state index contributed by atoms with van der Waals surface area (Å²) < 4.78 is 95.7. The molecule has 0 radical (unpaired) electrons. The number of hydrogen-bond acceptors (Lipinski definition) is 0. The fourth-order valence-electron chi connectivity index (χ4n) is 4.18. The van der Waals surface area contributed by atoms with Gasteiger partial charge in [0.05, 0.1) is 5.56 Å².